The number of alkyl halides is 13. The SMILES string of the molecule is C=C(CN(C)S(=O)(=O)CCC(F)(F)C(F)(F)C(F)(F)C(F)(F)C(F)(F)C(F)(F)F)C(=O)OCC. The predicted octanol–water partition coefficient (Wildman–Crippen LogP) is 4.50. The van der Waals surface area contributed by atoms with Crippen LogP contribution in [-0.2, 0) is 19.6 Å². The molecule has 5 nitrogen and oxygen atoms in total. The lowest BCUT2D eigenvalue weighted by atomic mass is 9.93. The monoisotopic (exact) mass is 553 g/mol. The first-order valence-corrected chi connectivity index (χ1v) is 10.1. The first-order chi connectivity index (χ1) is 14.7. The van der Waals surface area contributed by atoms with E-state index < -0.39 is 76.1 Å². The highest BCUT2D eigenvalue weighted by molar-refractivity contribution is 7.89. The minimum atomic E-state index is -8.07. The summed E-state index contributed by atoms with van der Waals surface area (Å²) >= 11 is 0. The number of likely N-dealkylation sites (N-methyl/N-ethyl adjacent to an activating group) is 1. The Morgan fingerprint density at radius 2 is 1.24 bits per heavy atom. The van der Waals surface area contributed by atoms with Crippen molar-refractivity contribution < 1.29 is 75.0 Å². The van der Waals surface area contributed by atoms with E-state index in [9.17, 15) is 70.3 Å². The third-order valence-corrected chi connectivity index (χ3v) is 5.92. The highest BCUT2D eigenvalue weighted by Crippen LogP contribution is 2.60. The largest absolute Gasteiger partial charge is 0.463 e. The summed E-state index contributed by atoms with van der Waals surface area (Å²) in [6.45, 7) is 3.22. The topological polar surface area (TPSA) is 63.7 Å². The Balaban J connectivity index is 5.87. The Morgan fingerprint density at radius 1 is 0.824 bits per heavy atom. The van der Waals surface area contributed by atoms with Crippen molar-refractivity contribution >= 4 is 16.0 Å². The van der Waals surface area contributed by atoms with Crippen LogP contribution in [0.3, 0.4) is 0 Å². The number of carbonyl (C=O) groups is 1. The van der Waals surface area contributed by atoms with Crippen LogP contribution in [0.2, 0.25) is 0 Å². The van der Waals surface area contributed by atoms with Crippen molar-refractivity contribution in [1.82, 2.24) is 4.31 Å². The molecule has 0 saturated heterocycles. The second-order valence-corrected chi connectivity index (χ2v) is 8.84. The van der Waals surface area contributed by atoms with E-state index in [0.29, 0.717) is 7.05 Å². The van der Waals surface area contributed by atoms with Crippen molar-refractivity contribution in [3.63, 3.8) is 0 Å². The molecule has 0 aliphatic heterocycles. The molecule has 0 spiro atoms. The predicted molar refractivity (Wildman–Crippen MR) is 87.6 cm³/mol. The van der Waals surface area contributed by atoms with Crippen LogP contribution in [0.1, 0.15) is 13.3 Å². The third-order valence-electron chi connectivity index (χ3n) is 4.12. The van der Waals surface area contributed by atoms with Gasteiger partial charge in [-0.2, -0.15) is 57.1 Å². The van der Waals surface area contributed by atoms with Crippen molar-refractivity contribution in [3.8, 4) is 0 Å². The van der Waals surface area contributed by atoms with Gasteiger partial charge in [-0.25, -0.2) is 17.5 Å². The summed E-state index contributed by atoms with van der Waals surface area (Å²) in [7, 11) is -4.57. The molecule has 0 aromatic rings. The molecule has 0 unspecified atom stereocenters. The lowest BCUT2D eigenvalue weighted by molar-refractivity contribution is -0.439. The molecule has 0 rings (SSSR count). The number of nitrogens with zero attached hydrogens (tertiary/aromatic N) is 1. The van der Waals surface area contributed by atoms with Crippen molar-refractivity contribution in [2.24, 2.45) is 0 Å². The number of sulfonamides is 1. The molecule has 34 heavy (non-hydrogen) atoms. The van der Waals surface area contributed by atoms with Gasteiger partial charge in [0.25, 0.3) is 0 Å². The number of esters is 1. The molecular weight excluding hydrogens is 537 g/mol. The lowest BCUT2D eigenvalue weighted by Gasteiger charge is -2.39. The van der Waals surface area contributed by atoms with E-state index in [1.807, 2.05) is 0 Å². The molecule has 19 heteroatoms. The van der Waals surface area contributed by atoms with Crippen LogP contribution in [0.5, 0.6) is 0 Å². The van der Waals surface area contributed by atoms with Gasteiger partial charge in [-0.3, -0.25) is 0 Å². The molecular formula is C15H16F13NO4S. The normalized spacial score (nSPS) is 14.9. The molecule has 0 bridgehead atoms. The number of ether oxygens (including phenoxy) is 1. The number of hydrogen-bond donors (Lipinski definition) is 0. The van der Waals surface area contributed by atoms with Gasteiger partial charge < -0.3 is 4.74 Å². The first-order valence-electron chi connectivity index (χ1n) is 8.49. The van der Waals surface area contributed by atoms with Crippen LogP contribution in [0.25, 0.3) is 0 Å². The van der Waals surface area contributed by atoms with E-state index in [1.54, 1.807) is 0 Å². The smallest absolute Gasteiger partial charge is 0.460 e. The Bertz CT molecular complexity index is 868. The fourth-order valence-electron chi connectivity index (χ4n) is 2.04. The molecule has 0 atom stereocenters. The number of hydrogen-bond acceptors (Lipinski definition) is 4. The van der Waals surface area contributed by atoms with E-state index in [1.165, 1.54) is 6.92 Å². The summed E-state index contributed by atoms with van der Waals surface area (Å²) in [5.41, 5.74) is -0.606. The molecule has 0 aliphatic carbocycles. The van der Waals surface area contributed by atoms with E-state index in [4.69, 9.17) is 0 Å². The van der Waals surface area contributed by atoms with Gasteiger partial charge in [0.15, 0.2) is 0 Å². The summed E-state index contributed by atoms with van der Waals surface area (Å²) in [6.07, 6.45) is -10.5. The highest BCUT2D eigenvalue weighted by atomic mass is 32.2. The minimum Gasteiger partial charge on any atom is -0.463 e. The molecule has 0 aliphatic rings. The summed E-state index contributed by atoms with van der Waals surface area (Å²) in [5, 5.41) is 0. The lowest BCUT2D eigenvalue weighted by Crippen LogP contribution is -2.70. The second kappa shape index (κ2) is 9.69. The Labute approximate surface area is 183 Å². The molecule has 202 valence electrons. The van der Waals surface area contributed by atoms with Crippen molar-refractivity contribution in [3.05, 3.63) is 12.2 Å². The highest BCUT2D eigenvalue weighted by Gasteiger charge is 2.90. The van der Waals surface area contributed by atoms with Crippen LogP contribution in [0.4, 0.5) is 57.1 Å². The van der Waals surface area contributed by atoms with E-state index in [0.717, 1.165) is 0 Å². The average Bonchev–Trinajstić information content (AvgIpc) is 2.65. The van der Waals surface area contributed by atoms with Gasteiger partial charge in [0.05, 0.1) is 12.4 Å². The van der Waals surface area contributed by atoms with Gasteiger partial charge in [0, 0.05) is 25.6 Å². The maximum Gasteiger partial charge on any atom is 0.460 e. The van der Waals surface area contributed by atoms with Gasteiger partial charge in [-0.1, -0.05) is 6.58 Å². The average molecular weight is 553 g/mol. The molecule has 0 aromatic carbocycles. The first kappa shape index (κ1) is 32.2. The zero-order valence-corrected chi connectivity index (χ0v) is 17.8. The minimum absolute atomic E-state index is 0.0328. The van der Waals surface area contributed by atoms with E-state index in [2.05, 4.69) is 11.3 Å². The zero-order chi connectivity index (χ0) is 27.8. The Morgan fingerprint density at radius 3 is 1.62 bits per heavy atom. The van der Waals surface area contributed by atoms with Gasteiger partial charge >= 0.3 is 41.8 Å². The molecule has 0 saturated carbocycles. The summed E-state index contributed by atoms with van der Waals surface area (Å²) < 4.78 is 198. The Hall–Kier alpha value is -1.79. The summed E-state index contributed by atoms with van der Waals surface area (Å²) in [6, 6.07) is 0. The molecule has 0 aromatic heterocycles. The fraction of sp³-hybridized carbons (Fsp3) is 0.800. The van der Waals surface area contributed by atoms with Gasteiger partial charge in [-0.15, -0.1) is 0 Å². The van der Waals surface area contributed by atoms with Crippen LogP contribution < -0.4 is 0 Å². The van der Waals surface area contributed by atoms with Crippen molar-refractivity contribution in [2.45, 2.75) is 49.1 Å². The summed E-state index contributed by atoms with van der Waals surface area (Å²) in [4.78, 5) is 11.4. The number of rotatable bonds is 12. The second-order valence-electron chi connectivity index (χ2n) is 6.65. The van der Waals surface area contributed by atoms with Crippen molar-refractivity contribution in [1.29, 1.82) is 0 Å². The van der Waals surface area contributed by atoms with Crippen LogP contribution in [0, 0.1) is 0 Å². The maximum atomic E-state index is 13.7. The van der Waals surface area contributed by atoms with Crippen molar-refractivity contribution in [2.75, 3.05) is 26.0 Å². The van der Waals surface area contributed by atoms with Crippen LogP contribution >= 0.6 is 0 Å². The molecule has 0 N–H and O–H groups in total. The van der Waals surface area contributed by atoms with Gasteiger partial charge in [0.1, 0.15) is 0 Å². The van der Waals surface area contributed by atoms with E-state index >= 15 is 0 Å². The number of carbonyl (C=O) groups excluding carboxylic acids is 1. The fourth-order valence-corrected chi connectivity index (χ4v) is 3.22. The molecule has 0 fully saturated rings. The standard InChI is InChI=1S/C15H16F13NO4S/c1-4-33-9(30)8(2)7-29(3)34(31,32)6-5-10(16,17)11(18,19)12(20,21)13(22,23)14(24,25)15(26,27)28/h2,4-7H2,1,3H3. The van der Waals surface area contributed by atoms with Gasteiger partial charge in [-0.05, 0) is 6.92 Å². The Kier molecular flexibility index (Phi) is 9.18. The van der Waals surface area contributed by atoms with E-state index in [-0.39, 0.29) is 10.9 Å². The maximum absolute atomic E-state index is 13.7. The zero-order valence-electron chi connectivity index (χ0n) is 16.9. The molecule has 0 radical (unpaired) electrons. The quantitative estimate of drug-likeness (QED) is 0.203. The summed E-state index contributed by atoms with van der Waals surface area (Å²) in [5.74, 6) is -41.4. The van der Waals surface area contributed by atoms with Gasteiger partial charge in [0.2, 0.25) is 10.0 Å². The van der Waals surface area contributed by atoms with Crippen LogP contribution in [-0.4, -0.2) is 80.4 Å². The molecule has 0 heterocycles. The number of halogens is 13. The van der Waals surface area contributed by atoms with Crippen LogP contribution in [0.15, 0.2) is 12.2 Å². The molecule has 0 amide bonds. The third kappa shape index (κ3) is 5.71.